The van der Waals surface area contributed by atoms with Crippen molar-refractivity contribution in [3.63, 3.8) is 0 Å². The zero-order valence-electron chi connectivity index (χ0n) is 11.2. The van der Waals surface area contributed by atoms with E-state index in [2.05, 4.69) is 10.3 Å². The van der Waals surface area contributed by atoms with Crippen LogP contribution in [0, 0.1) is 6.92 Å². The first-order chi connectivity index (χ1) is 9.60. The zero-order chi connectivity index (χ0) is 14.5. The van der Waals surface area contributed by atoms with Gasteiger partial charge < -0.3 is 16.2 Å². The van der Waals surface area contributed by atoms with Gasteiger partial charge in [-0.3, -0.25) is 4.79 Å². The highest BCUT2D eigenvalue weighted by Crippen LogP contribution is 2.19. The van der Waals surface area contributed by atoms with Crippen LogP contribution in [0.1, 0.15) is 20.9 Å². The average molecular weight is 291 g/mol. The van der Waals surface area contributed by atoms with Crippen molar-refractivity contribution < 1.29 is 9.90 Å². The number of benzene rings is 1. The Balaban J connectivity index is 2.03. The summed E-state index contributed by atoms with van der Waals surface area (Å²) in [6.07, 6.45) is 0.580. The maximum absolute atomic E-state index is 12.1. The summed E-state index contributed by atoms with van der Waals surface area (Å²) in [5.41, 5.74) is 7.26. The number of nitrogens with two attached hydrogens (primary N) is 1. The van der Waals surface area contributed by atoms with Crippen molar-refractivity contribution >= 4 is 22.4 Å². The van der Waals surface area contributed by atoms with Crippen LogP contribution in [0.15, 0.2) is 30.3 Å². The monoisotopic (exact) mass is 291 g/mol. The highest BCUT2D eigenvalue weighted by Gasteiger charge is 2.18. The predicted molar refractivity (Wildman–Crippen MR) is 79.7 cm³/mol. The fraction of sp³-hybridized carbons (Fsp3) is 0.286. The van der Waals surface area contributed by atoms with Crippen LogP contribution in [0.2, 0.25) is 0 Å². The van der Waals surface area contributed by atoms with E-state index < -0.39 is 0 Å². The van der Waals surface area contributed by atoms with Gasteiger partial charge in [-0.05, 0) is 18.9 Å². The summed E-state index contributed by atoms with van der Waals surface area (Å²) in [5, 5.41) is 12.6. The quantitative estimate of drug-likeness (QED) is 0.776. The van der Waals surface area contributed by atoms with Crippen molar-refractivity contribution in [1.82, 2.24) is 10.3 Å². The number of aryl methyl sites for hydroxylation is 1. The molecule has 0 spiro atoms. The van der Waals surface area contributed by atoms with E-state index in [0.717, 1.165) is 16.9 Å². The Labute approximate surface area is 121 Å². The number of thiazole rings is 1. The molecule has 0 radical (unpaired) electrons. The van der Waals surface area contributed by atoms with Gasteiger partial charge >= 0.3 is 0 Å². The molecule has 0 bridgehead atoms. The number of aliphatic hydroxyl groups is 1. The number of amides is 1. The smallest absolute Gasteiger partial charge is 0.263 e. The van der Waals surface area contributed by atoms with Gasteiger partial charge in [0.25, 0.3) is 5.91 Å². The molecule has 106 valence electrons. The van der Waals surface area contributed by atoms with E-state index in [-0.39, 0.29) is 18.6 Å². The molecule has 0 fully saturated rings. The van der Waals surface area contributed by atoms with Gasteiger partial charge in [0, 0.05) is 0 Å². The summed E-state index contributed by atoms with van der Waals surface area (Å²) < 4.78 is 0. The Morgan fingerprint density at radius 1 is 1.45 bits per heavy atom. The normalized spacial score (nSPS) is 12.1. The lowest BCUT2D eigenvalue weighted by atomic mass is 10.1. The summed E-state index contributed by atoms with van der Waals surface area (Å²) in [4.78, 5) is 16.6. The third kappa shape index (κ3) is 3.55. The van der Waals surface area contributed by atoms with E-state index in [9.17, 15) is 9.90 Å². The van der Waals surface area contributed by atoms with Crippen molar-refractivity contribution in [3.8, 4) is 0 Å². The molecule has 2 rings (SSSR count). The Bertz CT molecular complexity index is 583. The number of aliphatic hydroxyl groups excluding tert-OH is 1. The zero-order valence-corrected chi connectivity index (χ0v) is 12.0. The van der Waals surface area contributed by atoms with Gasteiger partial charge in [-0.15, -0.1) is 0 Å². The van der Waals surface area contributed by atoms with Crippen molar-refractivity contribution in [3.05, 3.63) is 46.5 Å². The third-order valence-corrected chi connectivity index (χ3v) is 3.89. The van der Waals surface area contributed by atoms with E-state index in [0.29, 0.717) is 22.1 Å². The summed E-state index contributed by atoms with van der Waals surface area (Å²) in [5.74, 6) is -0.244. The fourth-order valence-corrected chi connectivity index (χ4v) is 2.68. The first-order valence-corrected chi connectivity index (χ1v) is 7.10. The second-order valence-electron chi connectivity index (χ2n) is 4.51. The lowest BCUT2D eigenvalue weighted by Crippen LogP contribution is -2.39. The number of rotatable bonds is 5. The Kier molecular flexibility index (Phi) is 4.70. The highest BCUT2D eigenvalue weighted by molar-refractivity contribution is 7.17. The van der Waals surface area contributed by atoms with Crippen LogP contribution in [-0.4, -0.2) is 28.6 Å². The van der Waals surface area contributed by atoms with Gasteiger partial charge in [-0.2, -0.15) is 0 Å². The molecule has 2 aromatic rings. The van der Waals surface area contributed by atoms with Crippen LogP contribution < -0.4 is 11.1 Å². The van der Waals surface area contributed by atoms with Crippen molar-refractivity contribution in [2.24, 2.45) is 0 Å². The highest BCUT2D eigenvalue weighted by atomic mass is 32.1. The van der Waals surface area contributed by atoms with Crippen LogP contribution in [0.4, 0.5) is 5.13 Å². The van der Waals surface area contributed by atoms with Gasteiger partial charge in [0.05, 0.1) is 18.3 Å². The Morgan fingerprint density at radius 3 is 2.70 bits per heavy atom. The molecule has 0 saturated carbocycles. The molecule has 0 aliphatic rings. The molecule has 0 unspecified atom stereocenters. The topological polar surface area (TPSA) is 88.2 Å². The molecule has 1 aromatic carbocycles. The molecule has 0 aliphatic heterocycles. The minimum absolute atomic E-state index is 0.117. The van der Waals surface area contributed by atoms with Gasteiger partial charge in [0.2, 0.25) is 0 Å². The Morgan fingerprint density at radius 2 is 2.15 bits per heavy atom. The van der Waals surface area contributed by atoms with Gasteiger partial charge in [-0.25, -0.2) is 4.98 Å². The van der Waals surface area contributed by atoms with Crippen molar-refractivity contribution in [1.29, 1.82) is 0 Å². The van der Waals surface area contributed by atoms with Gasteiger partial charge in [0.1, 0.15) is 4.88 Å². The first kappa shape index (κ1) is 14.5. The van der Waals surface area contributed by atoms with E-state index >= 15 is 0 Å². The lowest BCUT2D eigenvalue weighted by molar-refractivity contribution is 0.0920. The molecule has 4 N–H and O–H groups in total. The molecule has 0 aliphatic carbocycles. The van der Waals surface area contributed by atoms with Crippen LogP contribution >= 0.6 is 11.3 Å². The van der Waals surface area contributed by atoms with Crippen LogP contribution in [0.25, 0.3) is 0 Å². The fourth-order valence-electron chi connectivity index (χ4n) is 1.94. The second kappa shape index (κ2) is 6.49. The first-order valence-electron chi connectivity index (χ1n) is 6.28. The maximum Gasteiger partial charge on any atom is 0.263 e. The molecule has 1 heterocycles. The van der Waals surface area contributed by atoms with Crippen LogP contribution in [-0.2, 0) is 6.42 Å². The van der Waals surface area contributed by atoms with E-state index in [1.165, 1.54) is 0 Å². The minimum Gasteiger partial charge on any atom is -0.394 e. The molecule has 1 atom stereocenters. The summed E-state index contributed by atoms with van der Waals surface area (Å²) in [6.45, 7) is 1.63. The number of carbonyl (C=O) groups is 1. The number of carbonyl (C=O) groups excluding carboxylic acids is 1. The molecule has 1 amide bonds. The van der Waals surface area contributed by atoms with E-state index in [1.807, 2.05) is 30.3 Å². The number of nitrogens with one attached hydrogen (secondary N) is 1. The molecule has 20 heavy (non-hydrogen) atoms. The molecular formula is C14H17N3O2S. The minimum atomic E-state index is -0.326. The summed E-state index contributed by atoms with van der Waals surface area (Å²) in [7, 11) is 0. The maximum atomic E-state index is 12.1. The summed E-state index contributed by atoms with van der Waals surface area (Å²) in [6, 6.07) is 9.39. The van der Waals surface area contributed by atoms with E-state index in [4.69, 9.17) is 5.73 Å². The number of nitrogen functional groups attached to an aromatic ring is 1. The predicted octanol–water partition coefficient (Wildman–Crippen LogP) is 1.37. The average Bonchev–Trinajstić information content (AvgIpc) is 2.78. The van der Waals surface area contributed by atoms with Gasteiger partial charge in [-0.1, -0.05) is 41.7 Å². The SMILES string of the molecule is Cc1nc(N)sc1C(=O)N[C@@H](CO)Cc1ccccc1. The number of hydrogen-bond acceptors (Lipinski definition) is 5. The molecule has 0 saturated heterocycles. The van der Waals surface area contributed by atoms with Crippen molar-refractivity contribution in [2.45, 2.75) is 19.4 Å². The van der Waals surface area contributed by atoms with Crippen LogP contribution in [0.3, 0.4) is 0 Å². The van der Waals surface area contributed by atoms with Crippen LogP contribution in [0.5, 0.6) is 0 Å². The second-order valence-corrected chi connectivity index (χ2v) is 5.54. The number of nitrogens with zero attached hydrogens (tertiary/aromatic N) is 1. The molecular weight excluding hydrogens is 274 g/mol. The molecule has 1 aromatic heterocycles. The third-order valence-electron chi connectivity index (χ3n) is 2.90. The van der Waals surface area contributed by atoms with E-state index in [1.54, 1.807) is 6.92 Å². The number of anilines is 1. The standard InChI is InChI=1S/C14H17N3O2S/c1-9-12(20-14(15)16-9)13(19)17-11(8-18)7-10-5-3-2-4-6-10/h2-6,11,18H,7-8H2,1H3,(H2,15,16)(H,17,19)/t11-/m1/s1. The summed E-state index contributed by atoms with van der Waals surface area (Å²) >= 11 is 1.15. The number of aromatic nitrogens is 1. The molecule has 5 nitrogen and oxygen atoms in total. The van der Waals surface area contributed by atoms with Gasteiger partial charge in [0.15, 0.2) is 5.13 Å². The van der Waals surface area contributed by atoms with Crippen molar-refractivity contribution in [2.75, 3.05) is 12.3 Å². The molecule has 6 heteroatoms. The number of hydrogen-bond donors (Lipinski definition) is 3. The Hall–Kier alpha value is -1.92. The lowest BCUT2D eigenvalue weighted by Gasteiger charge is -2.16. The largest absolute Gasteiger partial charge is 0.394 e.